The molecule has 0 fully saturated rings. The highest BCUT2D eigenvalue weighted by Gasteiger charge is 2.35. The Morgan fingerprint density at radius 2 is 2.00 bits per heavy atom. The molecule has 0 aliphatic heterocycles. The van der Waals surface area contributed by atoms with Crippen LogP contribution in [-0.2, 0) is 10.2 Å². The van der Waals surface area contributed by atoms with E-state index < -0.39 is 17.3 Å². The van der Waals surface area contributed by atoms with Crippen LogP contribution in [0.3, 0.4) is 0 Å². The van der Waals surface area contributed by atoms with Crippen LogP contribution in [-0.4, -0.2) is 28.7 Å². The van der Waals surface area contributed by atoms with Gasteiger partial charge in [-0.2, -0.15) is 0 Å². The highest BCUT2D eigenvalue weighted by molar-refractivity contribution is 5.93. The molecule has 0 bridgehead atoms. The maximum absolute atomic E-state index is 11.9. The Kier molecular flexibility index (Phi) is 4.07. The lowest BCUT2D eigenvalue weighted by molar-refractivity contribution is -0.142. The minimum atomic E-state index is -1.21. The molecule has 1 heterocycles. The predicted molar refractivity (Wildman–Crippen MR) is 75.0 cm³/mol. The number of aryl methyl sites for hydroxylation is 1. The second-order valence-corrected chi connectivity index (χ2v) is 5.01. The molecular weight excluding hydrogens is 272 g/mol. The van der Waals surface area contributed by atoms with Gasteiger partial charge in [-0.15, -0.1) is 0 Å². The lowest BCUT2D eigenvalue weighted by Crippen LogP contribution is -2.44. The molecule has 1 amide bonds. The van der Waals surface area contributed by atoms with Crippen LogP contribution >= 0.6 is 0 Å². The van der Waals surface area contributed by atoms with Crippen molar-refractivity contribution in [1.29, 1.82) is 0 Å². The lowest BCUT2D eigenvalue weighted by Gasteiger charge is -2.25. The van der Waals surface area contributed by atoms with Crippen molar-refractivity contribution in [3.05, 3.63) is 53.4 Å². The van der Waals surface area contributed by atoms with E-state index in [-0.39, 0.29) is 12.2 Å². The molecule has 21 heavy (non-hydrogen) atoms. The molecule has 1 atom stereocenters. The number of aliphatic carboxylic acids is 1. The van der Waals surface area contributed by atoms with E-state index >= 15 is 0 Å². The first kappa shape index (κ1) is 14.8. The topological polar surface area (TPSA) is 92.4 Å². The zero-order valence-electron chi connectivity index (χ0n) is 11.8. The second kappa shape index (κ2) is 5.78. The zero-order chi connectivity index (χ0) is 15.5. The van der Waals surface area contributed by atoms with Crippen LogP contribution in [0.4, 0.5) is 0 Å². The fraction of sp³-hybridized carbons (Fsp3) is 0.267. The molecule has 2 aromatic rings. The van der Waals surface area contributed by atoms with E-state index in [1.54, 1.807) is 38.1 Å². The second-order valence-electron chi connectivity index (χ2n) is 5.01. The molecule has 1 aromatic carbocycles. The van der Waals surface area contributed by atoms with Gasteiger partial charge >= 0.3 is 5.97 Å². The van der Waals surface area contributed by atoms with Gasteiger partial charge in [0.1, 0.15) is 11.2 Å². The summed E-state index contributed by atoms with van der Waals surface area (Å²) in [5.74, 6) is -0.954. The molecule has 0 aliphatic carbocycles. The monoisotopic (exact) mass is 288 g/mol. The number of carbonyl (C=O) groups excluding carboxylic acids is 1. The minimum Gasteiger partial charge on any atom is -0.481 e. The smallest absolute Gasteiger partial charge is 0.315 e. The molecule has 2 rings (SSSR count). The molecule has 0 aliphatic rings. The number of benzene rings is 1. The van der Waals surface area contributed by atoms with Gasteiger partial charge in [0.2, 0.25) is 0 Å². The molecule has 0 saturated heterocycles. The number of carbonyl (C=O) groups is 2. The van der Waals surface area contributed by atoms with Crippen molar-refractivity contribution in [3.8, 4) is 0 Å². The van der Waals surface area contributed by atoms with Gasteiger partial charge < -0.3 is 14.9 Å². The van der Waals surface area contributed by atoms with Gasteiger partial charge in [0.15, 0.2) is 5.69 Å². The van der Waals surface area contributed by atoms with E-state index in [0.717, 1.165) is 0 Å². The molecule has 0 spiro atoms. The standard InChI is InChI=1S/C15H16N2O4/c1-10-8-12(17-21-10)13(18)16-9-15(2,14(19)20)11-6-4-3-5-7-11/h3-8H,9H2,1-2H3,(H,16,18)(H,19,20). The Balaban J connectivity index is 2.14. The summed E-state index contributed by atoms with van der Waals surface area (Å²) >= 11 is 0. The van der Waals surface area contributed by atoms with Gasteiger partial charge in [-0.3, -0.25) is 9.59 Å². The van der Waals surface area contributed by atoms with Crippen LogP contribution in [0.5, 0.6) is 0 Å². The number of hydrogen-bond donors (Lipinski definition) is 2. The van der Waals surface area contributed by atoms with E-state index in [0.29, 0.717) is 11.3 Å². The number of rotatable bonds is 5. The molecule has 0 saturated carbocycles. The largest absolute Gasteiger partial charge is 0.481 e. The number of hydrogen-bond acceptors (Lipinski definition) is 4. The number of carboxylic acid groups (broad SMARTS) is 1. The molecular formula is C15H16N2O4. The van der Waals surface area contributed by atoms with Crippen molar-refractivity contribution < 1.29 is 19.2 Å². The molecule has 110 valence electrons. The molecule has 6 heteroatoms. The fourth-order valence-corrected chi connectivity index (χ4v) is 1.93. The SMILES string of the molecule is Cc1cc(C(=O)NCC(C)(C(=O)O)c2ccccc2)no1. The number of nitrogens with one attached hydrogen (secondary N) is 1. The van der Waals surface area contributed by atoms with Crippen LogP contribution in [0.25, 0.3) is 0 Å². The van der Waals surface area contributed by atoms with Crippen molar-refractivity contribution in [3.63, 3.8) is 0 Å². The summed E-state index contributed by atoms with van der Waals surface area (Å²) in [7, 11) is 0. The Bertz CT molecular complexity index is 651. The number of carboxylic acids is 1. The average Bonchev–Trinajstić information content (AvgIpc) is 2.91. The van der Waals surface area contributed by atoms with Crippen molar-refractivity contribution in [1.82, 2.24) is 10.5 Å². The van der Waals surface area contributed by atoms with Crippen LogP contribution in [0.15, 0.2) is 40.9 Å². The van der Waals surface area contributed by atoms with Gasteiger partial charge in [-0.1, -0.05) is 35.5 Å². The van der Waals surface area contributed by atoms with E-state index in [9.17, 15) is 14.7 Å². The number of aromatic nitrogens is 1. The highest BCUT2D eigenvalue weighted by atomic mass is 16.5. The van der Waals surface area contributed by atoms with E-state index in [1.807, 2.05) is 6.07 Å². The Hall–Kier alpha value is -2.63. The van der Waals surface area contributed by atoms with E-state index in [1.165, 1.54) is 6.07 Å². The van der Waals surface area contributed by atoms with Gasteiger partial charge in [-0.25, -0.2) is 0 Å². The van der Waals surface area contributed by atoms with Gasteiger partial charge in [0.05, 0.1) is 0 Å². The first-order chi connectivity index (χ1) is 9.93. The van der Waals surface area contributed by atoms with Crippen molar-refractivity contribution in [2.24, 2.45) is 0 Å². The summed E-state index contributed by atoms with van der Waals surface area (Å²) in [5, 5.41) is 15.7. The van der Waals surface area contributed by atoms with Crippen LogP contribution in [0.1, 0.15) is 28.7 Å². The predicted octanol–water partition coefficient (Wildman–Crippen LogP) is 1.76. The Labute approximate surface area is 121 Å². The van der Waals surface area contributed by atoms with Gasteiger partial charge in [0.25, 0.3) is 5.91 Å². The van der Waals surface area contributed by atoms with E-state index in [4.69, 9.17) is 4.52 Å². The highest BCUT2D eigenvalue weighted by Crippen LogP contribution is 2.23. The normalized spacial score (nSPS) is 13.4. The molecule has 0 radical (unpaired) electrons. The number of amides is 1. The molecule has 1 aromatic heterocycles. The van der Waals surface area contributed by atoms with Crippen LogP contribution in [0, 0.1) is 6.92 Å². The first-order valence-corrected chi connectivity index (χ1v) is 6.44. The van der Waals surface area contributed by atoms with Crippen molar-refractivity contribution >= 4 is 11.9 Å². The minimum absolute atomic E-state index is 0.0446. The zero-order valence-corrected chi connectivity index (χ0v) is 11.8. The third-order valence-electron chi connectivity index (χ3n) is 3.35. The average molecular weight is 288 g/mol. The maximum atomic E-state index is 11.9. The first-order valence-electron chi connectivity index (χ1n) is 6.44. The molecule has 6 nitrogen and oxygen atoms in total. The molecule has 1 unspecified atom stereocenters. The molecule has 2 N–H and O–H groups in total. The van der Waals surface area contributed by atoms with Crippen molar-refractivity contribution in [2.45, 2.75) is 19.3 Å². The van der Waals surface area contributed by atoms with Gasteiger partial charge in [-0.05, 0) is 19.4 Å². The van der Waals surface area contributed by atoms with Crippen LogP contribution in [0.2, 0.25) is 0 Å². The van der Waals surface area contributed by atoms with Gasteiger partial charge in [0, 0.05) is 12.6 Å². The summed E-state index contributed by atoms with van der Waals surface area (Å²) in [5.41, 5.74) is -0.460. The third kappa shape index (κ3) is 3.10. The third-order valence-corrected chi connectivity index (χ3v) is 3.35. The summed E-state index contributed by atoms with van der Waals surface area (Å²) in [6.07, 6.45) is 0. The Morgan fingerprint density at radius 3 is 2.52 bits per heavy atom. The van der Waals surface area contributed by atoms with Crippen molar-refractivity contribution in [2.75, 3.05) is 6.54 Å². The fourth-order valence-electron chi connectivity index (χ4n) is 1.93. The maximum Gasteiger partial charge on any atom is 0.315 e. The lowest BCUT2D eigenvalue weighted by atomic mass is 9.82. The van der Waals surface area contributed by atoms with Crippen LogP contribution < -0.4 is 5.32 Å². The quantitative estimate of drug-likeness (QED) is 0.874. The summed E-state index contributed by atoms with van der Waals surface area (Å²) < 4.78 is 4.82. The summed E-state index contributed by atoms with van der Waals surface area (Å²) in [6, 6.07) is 10.3. The summed E-state index contributed by atoms with van der Waals surface area (Å²) in [4.78, 5) is 23.5. The summed E-state index contributed by atoms with van der Waals surface area (Å²) in [6.45, 7) is 3.20. The van der Waals surface area contributed by atoms with E-state index in [2.05, 4.69) is 10.5 Å². The number of nitrogens with zero attached hydrogens (tertiary/aromatic N) is 1. The Morgan fingerprint density at radius 1 is 1.33 bits per heavy atom.